The van der Waals surface area contributed by atoms with E-state index in [-0.39, 0.29) is 0 Å². The van der Waals surface area contributed by atoms with Crippen LogP contribution in [0.4, 0.5) is 5.69 Å². The molecule has 0 radical (unpaired) electrons. The summed E-state index contributed by atoms with van der Waals surface area (Å²) in [5.41, 5.74) is 1.36. The highest BCUT2D eigenvalue weighted by Gasteiger charge is 2.24. The number of piperazine rings is 1. The maximum atomic E-state index is 3.55. The Morgan fingerprint density at radius 2 is 2.06 bits per heavy atom. The molecular formula is C13H19IN2. The van der Waals surface area contributed by atoms with E-state index in [0.717, 1.165) is 13.1 Å². The zero-order valence-electron chi connectivity index (χ0n) is 9.91. The first-order chi connectivity index (χ1) is 7.70. The van der Waals surface area contributed by atoms with Crippen LogP contribution in [-0.2, 0) is 0 Å². The Kier molecular flexibility index (Phi) is 4.08. The van der Waals surface area contributed by atoms with Crippen molar-refractivity contribution in [3.8, 4) is 0 Å². The fraction of sp³-hybridized carbons (Fsp3) is 0.538. The van der Waals surface area contributed by atoms with E-state index in [0.29, 0.717) is 12.1 Å². The van der Waals surface area contributed by atoms with Crippen molar-refractivity contribution in [1.82, 2.24) is 5.32 Å². The van der Waals surface area contributed by atoms with Crippen molar-refractivity contribution >= 4 is 28.3 Å². The second-order valence-electron chi connectivity index (χ2n) is 4.50. The Labute approximate surface area is 112 Å². The number of hydrogen-bond acceptors (Lipinski definition) is 2. The van der Waals surface area contributed by atoms with Gasteiger partial charge in [0.25, 0.3) is 0 Å². The summed E-state index contributed by atoms with van der Waals surface area (Å²) in [6.45, 7) is 6.73. The van der Waals surface area contributed by atoms with Gasteiger partial charge in [-0.2, -0.15) is 0 Å². The quantitative estimate of drug-likeness (QED) is 0.839. The van der Waals surface area contributed by atoms with E-state index in [4.69, 9.17) is 0 Å². The van der Waals surface area contributed by atoms with Gasteiger partial charge >= 0.3 is 0 Å². The van der Waals surface area contributed by atoms with E-state index in [1.807, 2.05) is 0 Å². The molecule has 2 rings (SSSR count). The molecule has 0 bridgehead atoms. The second-order valence-corrected chi connectivity index (χ2v) is 5.75. The molecule has 1 saturated heterocycles. The van der Waals surface area contributed by atoms with Crippen molar-refractivity contribution in [1.29, 1.82) is 0 Å². The SMILES string of the molecule is CCC1CNC(C)CN1c1ccc(I)cc1. The number of anilines is 1. The normalized spacial score (nSPS) is 25.8. The minimum Gasteiger partial charge on any atom is -0.366 e. The van der Waals surface area contributed by atoms with Gasteiger partial charge in [0.2, 0.25) is 0 Å². The highest BCUT2D eigenvalue weighted by molar-refractivity contribution is 14.1. The van der Waals surface area contributed by atoms with Crippen molar-refractivity contribution in [2.75, 3.05) is 18.0 Å². The van der Waals surface area contributed by atoms with Crippen molar-refractivity contribution in [2.45, 2.75) is 32.4 Å². The van der Waals surface area contributed by atoms with Gasteiger partial charge in [-0.1, -0.05) is 6.92 Å². The molecule has 0 spiro atoms. The fourth-order valence-electron chi connectivity index (χ4n) is 2.27. The zero-order valence-corrected chi connectivity index (χ0v) is 12.1. The summed E-state index contributed by atoms with van der Waals surface area (Å²) >= 11 is 2.36. The van der Waals surface area contributed by atoms with Crippen LogP contribution in [0.1, 0.15) is 20.3 Å². The van der Waals surface area contributed by atoms with Crippen LogP contribution in [0.3, 0.4) is 0 Å². The molecular weight excluding hydrogens is 311 g/mol. The summed E-state index contributed by atoms with van der Waals surface area (Å²) < 4.78 is 1.30. The predicted octanol–water partition coefficient (Wildman–Crippen LogP) is 2.87. The molecule has 0 aromatic heterocycles. The lowest BCUT2D eigenvalue weighted by Crippen LogP contribution is -2.55. The van der Waals surface area contributed by atoms with Crippen LogP contribution in [0.2, 0.25) is 0 Å². The number of hydrogen-bond donors (Lipinski definition) is 1. The van der Waals surface area contributed by atoms with Crippen molar-refractivity contribution in [2.24, 2.45) is 0 Å². The minimum atomic E-state index is 0.585. The Balaban J connectivity index is 2.18. The number of benzene rings is 1. The van der Waals surface area contributed by atoms with Crippen LogP contribution in [0.5, 0.6) is 0 Å². The molecule has 2 unspecified atom stereocenters. The highest BCUT2D eigenvalue weighted by Crippen LogP contribution is 2.22. The molecule has 3 heteroatoms. The Hall–Kier alpha value is -0.290. The maximum absolute atomic E-state index is 3.55. The molecule has 0 amide bonds. The highest BCUT2D eigenvalue weighted by atomic mass is 127. The molecule has 1 N–H and O–H groups in total. The predicted molar refractivity (Wildman–Crippen MR) is 78.0 cm³/mol. The van der Waals surface area contributed by atoms with E-state index in [1.165, 1.54) is 15.7 Å². The van der Waals surface area contributed by atoms with Crippen LogP contribution in [-0.4, -0.2) is 25.2 Å². The first-order valence-electron chi connectivity index (χ1n) is 5.96. The fourth-order valence-corrected chi connectivity index (χ4v) is 2.63. The van der Waals surface area contributed by atoms with Gasteiger partial charge < -0.3 is 10.2 Å². The third-order valence-electron chi connectivity index (χ3n) is 3.24. The molecule has 88 valence electrons. The van der Waals surface area contributed by atoms with Gasteiger partial charge in [0.1, 0.15) is 0 Å². The summed E-state index contributed by atoms with van der Waals surface area (Å²) in [6, 6.07) is 10.1. The monoisotopic (exact) mass is 330 g/mol. The maximum Gasteiger partial charge on any atom is 0.0412 e. The lowest BCUT2D eigenvalue weighted by molar-refractivity contribution is 0.402. The number of nitrogens with zero attached hydrogens (tertiary/aromatic N) is 1. The van der Waals surface area contributed by atoms with Gasteiger partial charge in [0, 0.05) is 34.4 Å². The van der Waals surface area contributed by atoms with Crippen LogP contribution >= 0.6 is 22.6 Å². The van der Waals surface area contributed by atoms with E-state index in [2.05, 4.69) is 70.9 Å². The smallest absolute Gasteiger partial charge is 0.0412 e. The van der Waals surface area contributed by atoms with Gasteiger partial charge in [-0.15, -0.1) is 0 Å². The number of nitrogens with one attached hydrogen (secondary N) is 1. The summed E-state index contributed by atoms with van der Waals surface area (Å²) in [4.78, 5) is 2.54. The summed E-state index contributed by atoms with van der Waals surface area (Å²) in [5.74, 6) is 0. The molecule has 1 aliphatic rings. The molecule has 1 heterocycles. The zero-order chi connectivity index (χ0) is 11.5. The molecule has 0 aliphatic carbocycles. The van der Waals surface area contributed by atoms with E-state index >= 15 is 0 Å². The van der Waals surface area contributed by atoms with Gasteiger partial charge in [0.15, 0.2) is 0 Å². The Morgan fingerprint density at radius 3 is 2.69 bits per heavy atom. The van der Waals surface area contributed by atoms with Crippen molar-refractivity contribution < 1.29 is 0 Å². The molecule has 0 saturated carbocycles. The molecule has 2 nitrogen and oxygen atoms in total. The third kappa shape index (κ3) is 2.69. The lowest BCUT2D eigenvalue weighted by Gasteiger charge is -2.40. The Bertz CT molecular complexity index is 336. The van der Waals surface area contributed by atoms with Crippen LogP contribution in [0, 0.1) is 3.57 Å². The topological polar surface area (TPSA) is 15.3 Å². The van der Waals surface area contributed by atoms with Crippen LogP contribution in [0.15, 0.2) is 24.3 Å². The van der Waals surface area contributed by atoms with Gasteiger partial charge in [0.05, 0.1) is 0 Å². The molecule has 16 heavy (non-hydrogen) atoms. The molecule has 2 atom stereocenters. The first kappa shape index (κ1) is 12.2. The van der Waals surface area contributed by atoms with E-state index in [1.54, 1.807) is 0 Å². The standard InChI is InChI=1S/C13H19IN2/c1-3-12-8-15-10(2)9-16(12)13-6-4-11(14)5-7-13/h4-7,10,12,15H,3,8-9H2,1-2H3. The number of halogens is 1. The van der Waals surface area contributed by atoms with E-state index < -0.39 is 0 Å². The summed E-state index contributed by atoms with van der Waals surface area (Å²) in [5, 5.41) is 3.55. The van der Waals surface area contributed by atoms with Crippen LogP contribution < -0.4 is 10.2 Å². The first-order valence-corrected chi connectivity index (χ1v) is 7.04. The van der Waals surface area contributed by atoms with Gasteiger partial charge in [-0.3, -0.25) is 0 Å². The summed E-state index contributed by atoms with van der Waals surface area (Å²) in [6.07, 6.45) is 1.20. The molecule has 1 aliphatic heterocycles. The van der Waals surface area contributed by atoms with Crippen molar-refractivity contribution in [3.05, 3.63) is 27.8 Å². The van der Waals surface area contributed by atoms with E-state index in [9.17, 15) is 0 Å². The lowest BCUT2D eigenvalue weighted by atomic mass is 10.1. The number of rotatable bonds is 2. The summed E-state index contributed by atoms with van der Waals surface area (Å²) in [7, 11) is 0. The Morgan fingerprint density at radius 1 is 1.38 bits per heavy atom. The second kappa shape index (κ2) is 5.36. The average Bonchev–Trinajstić information content (AvgIpc) is 2.30. The molecule has 1 aromatic carbocycles. The largest absolute Gasteiger partial charge is 0.366 e. The van der Waals surface area contributed by atoms with Gasteiger partial charge in [-0.25, -0.2) is 0 Å². The minimum absolute atomic E-state index is 0.585. The third-order valence-corrected chi connectivity index (χ3v) is 3.96. The average molecular weight is 330 g/mol. The van der Waals surface area contributed by atoms with Gasteiger partial charge in [-0.05, 0) is 60.2 Å². The molecule has 1 fully saturated rings. The molecule has 1 aromatic rings. The van der Waals surface area contributed by atoms with Crippen molar-refractivity contribution in [3.63, 3.8) is 0 Å². The van der Waals surface area contributed by atoms with Crippen LogP contribution in [0.25, 0.3) is 0 Å².